The molecule has 0 heterocycles. The maximum absolute atomic E-state index is 15.2. The van der Waals surface area contributed by atoms with Crippen LogP contribution in [0.25, 0.3) is 11.1 Å². The SMILES string of the molecule is CNC(CNC(=O)c1c(F)ccc(COCCNC(=O)O)c1-c1cccc(Cl)c1)CC1CCCCC1. The van der Waals surface area contributed by atoms with Gasteiger partial charge in [-0.25, -0.2) is 9.18 Å². The Morgan fingerprint density at radius 3 is 2.64 bits per heavy atom. The number of hydrogen-bond donors (Lipinski definition) is 4. The van der Waals surface area contributed by atoms with Crippen molar-refractivity contribution in [2.75, 3.05) is 26.7 Å². The molecule has 0 bridgehead atoms. The van der Waals surface area contributed by atoms with E-state index in [2.05, 4.69) is 16.0 Å². The van der Waals surface area contributed by atoms with Crippen molar-refractivity contribution in [2.45, 2.75) is 51.2 Å². The molecule has 1 aliphatic carbocycles. The van der Waals surface area contributed by atoms with Crippen LogP contribution in [0.3, 0.4) is 0 Å². The summed E-state index contributed by atoms with van der Waals surface area (Å²) < 4.78 is 20.8. The molecule has 0 radical (unpaired) electrons. The van der Waals surface area contributed by atoms with E-state index in [9.17, 15) is 9.59 Å². The summed E-state index contributed by atoms with van der Waals surface area (Å²) in [5, 5.41) is 17.6. The van der Waals surface area contributed by atoms with Crippen molar-refractivity contribution in [1.29, 1.82) is 0 Å². The number of carbonyl (C=O) groups excluding carboxylic acids is 1. The Kier molecular flexibility index (Phi) is 11.0. The fraction of sp³-hybridized carbons (Fsp3) is 0.481. The van der Waals surface area contributed by atoms with E-state index in [0.717, 1.165) is 6.42 Å². The number of rotatable bonds is 12. The second-order valence-corrected chi connectivity index (χ2v) is 9.62. The molecule has 1 aliphatic rings. The standard InChI is InChI=1S/C27H35ClFN3O4/c1-30-22(14-18-6-3-2-4-7-18)16-32-26(33)25-23(29)11-10-20(17-36-13-12-31-27(34)35)24(25)19-8-5-9-21(28)15-19/h5,8-11,15,18,22,30-31H,2-4,6-7,12-14,16-17H2,1H3,(H,32,33)(H,34,35). The largest absolute Gasteiger partial charge is 0.465 e. The van der Waals surface area contributed by atoms with Gasteiger partial charge >= 0.3 is 6.09 Å². The van der Waals surface area contributed by atoms with Crippen LogP contribution in [0.15, 0.2) is 36.4 Å². The predicted molar refractivity (Wildman–Crippen MR) is 139 cm³/mol. The highest BCUT2D eigenvalue weighted by atomic mass is 35.5. The van der Waals surface area contributed by atoms with Crippen molar-refractivity contribution >= 4 is 23.6 Å². The van der Waals surface area contributed by atoms with Crippen LogP contribution in [0.1, 0.15) is 54.4 Å². The molecule has 0 saturated heterocycles. The molecule has 0 spiro atoms. The normalized spacial score (nSPS) is 14.9. The molecule has 3 rings (SSSR count). The minimum atomic E-state index is -1.14. The van der Waals surface area contributed by atoms with E-state index in [-0.39, 0.29) is 31.4 Å². The summed E-state index contributed by atoms with van der Waals surface area (Å²) in [7, 11) is 1.88. The van der Waals surface area contributed by atoms with Crippen molar-refractivity contribution in [3.05, 3.63) is 58.4 Å². The first kappa shape index (κ1) is 27.9. The lowest BCUT2D eigenvalue weighted by molar-refractivity contribution is 0.0943. The molecular formula is C27H35ClFN3O4. The van der Waals surface area contributed by atoms with Crippen LogP contribution in [-0.4, -0.2) is 49.9 Å². The van der Waals surface area contributed by atoms with Crippen LogP contribution in [0, 0.1) is 11.7 Å². The first-order valence-electron chi connectivity index (χ1n) is 12.5. The first-order valence-corrected chi connectivity index (χ1v) is 12.8. The van der Waals surface area contributed by atoms with Gasteiger partial charge in [-0.05, 0) is 48.7 Å². The summed E-state index contributed by atoms with van der Waals surface area (Å²) in [6.07, 6.45) is 6.05. The zero-order valence-corrected chi connectivity index (χ0v) is 21.4. The number of amides is 2. The molecule has 36 heavy (non-hydrogen) atoms. The van der Waals surface area contributed by atoms with Gasteiger partial charge in [-0.2, -0.15) is 0 Å². The molecule has 1 atom stereocenters. The number of halogens is 2. The van der Waals surface area contributed by atoms with E-state index in [1.54, 1.807) is 30.3 Å². The highest BCUT2D eigenvalue weighted by Gasteiger charge is 2.24. The molecule has 1 fully saturated rings. The molecule has 196 valence electrons. The van der Waals surface area contributed by atoms with Gasteiger partial charge in [0.15, 0.2) is 0 Å². The minimum absolute atomic E-state index is 0.0606. The third kappa shape index (κ3) is 8.18. The zero-order valence-electron chi connectivity index (χ0n) is 20.6. The third-order valence-electron chi connectivity index (χ3n) is 6.62. The second kappa shape index (κ2) is 14.2. The van der Waals surface area contributed by atoms with Gasteiger partial charge in [0.25, 0.3) is 5.91 Å². The Balaban J connectivity index is 1.79. The number of hydrogen-bond acceptors (Lipinski definition) is 4. The van der Waals surface area contributed by atoms with Crippen molar-refractivity contribution in [3.63, 3.8) is 0 Å². The van der Waals surface area contributed by atoms with E-state index in [4.69, 9.17) is 21.4 Å². The topological polar surface area (TPSA) is 99.7 Å². The lowest BCUT2D eigenvalue weighted by Gasteiger charge is -2.26. The summed E-state index contributed by atoms with van der Waals surface area (Å²) in [6, 6.07) is 9.84. The lowest BCUT2D eigenvalue weighted by atomic mass is 9.85. The Hall–Kier alpha value is -2.68. The number of nitrogens with one attached hydrogen (secondary N) is 3. The first-order chi connectivity index (χ1) is 17.4. The number of likely N-dealkylation sites (N-methyl/N-ethyl adjacent to an activating group) is 1. The number of carboxylic acid groups (broad SMARTS) is 1. The molecule has 1 saturated carbocycles. The highest BCUT2D eigenvalue weighted by molar-refractivity contribution is 6.30. The second-order valence-electron chi connectivity index (χ2n) is 9.19. The maximum Gasteiger partial charge on any atom is 0.404 e. The zero-order chi connectivity index (χ0) is 25.9. The van der Waals surface area contributed by atoms with Crippen LogP contribution < -0.4 is 16.0 Å². The molecule has 0 aromatic heterocycles. The van der Waals surface area contributed by atoms with Gasteiger partial charge < -0.3 is 25.8 Å². The molecule has 0 aliphatic heterocycles. The summed E-state index contributed by atoms with van der Waals surface area (Å²) in [4.78, 5) is 24.0. The predicted octanol–water partition coefficient (Wildman–Crippen LogP) is 5.22. The lowest BCUT2D eigenvalue weighted by Crippen LogP contribution is -2.41. The minimum Gasteiger partial charge on any atom is -0.465 e. The molecule has 9 heteroatoms. The van der Waals surface area contributed by atoms with Crippen molar-refractivity contribution in [1.82, 2.24) is 16.0 Å². The number of ether oxygens (including phenoxy) is 1. The van der Waals surface area contributed by atoms with Gasteiger partial charge in [0.05, 0.1) is 18.8 Å². The van der Waals surface area contributed by atoms with E-state index >= 15 is 4.39 Å². The Labute approximate surface area is 216 Å². The smallest absolute Gasteiger partial charge is 0.404 e. The van der Waals surface area contributed by atoms with E-state index in [0.29, 0.717) is 34.2 Å². The average molecular weight is 520 g/mol. The van der Waals surface area contributed by atoms with Crippen molar-refractivity contribution in [2.24, 2.45) is 5.92 Å². The monoisotopic (exact) mass is 519 g/mol. The summed E-state index contributed by atoms with van der Waals surface area (Å²) in [6.45, 7) is 0.709. The number of carbonyl (C=O) groups is 2. The molecular weight excluding hydrogens is 485 g/mol. The fourth-order valence-corrected chi connectivity index (χ4v) is 4.97. The van der Waals surface area contributed by atoms with Crippen molar-refractivity contribution < 1.29 is 23.8 Å². The molecule has 2 amide bonds. The average Bonchev–Trinajstić information content (AvgIpc) is 2.87. The van der Waals surface area contributed by atoms with Gasteiger partial charge in [0.1, 0.15) is 5.82 Å². The van der Waals surface area contributed by atoms with Gasteiger partial charge in [0, 0.05) is 29.7 Å². The fourth-order valence-electron chi connectivity index (χ4n) is 4.78. The Morgan fingerprint density at radius 1 is 1.17 bits per heavy atom. The van der Waals surface area contributed by atoms with Gasteiger partial charge in [-0.1, -0.05) is 61.9 Å². The Bertz CT molecular complexity index is 1030. The van der Waals surface area contributed by atoms with Gasteiger partial charge in [-0.3, -0.25) is 4.79 Å². The Morgan fingerprint density at radius 2 is 1.94 bits per heavy atom. The van der Waals surface area contributed by atoms with Crippen LogP contribution in [0.2, 0.25) is 5.02 Å². The van der Waals surface area contributed by atoms with E-state index in [1.165, 1.54) is 38.2 Å². The molecule has 7 nitrogen and oxygen atoms in total. The molecule has 4 N–H and O–H groups in total. The van der Waals surface area contributed by atoms with Crippen molar-refractivity contribution in [3.8, 4) is 11.1 Å². The summed E-state index contributed by atoms with van der Waals surface area (Å²) >= 11 is 6.21. The van der Waals surface area contributed by atoms with Crippen LogP contribution in [0.4, 0.5) is 9.18 Å². The quantitative estimate of drug-likeness (QED) is 0.288. The summed E-state index contributed by atoms with van der Waals surface area (Å²) in [5.74, 6) is -0.490. The van der Waals surface area contributed by atoms with Crippen LogP contribution in [0.5, 0.6) is 0 Å². The summed E-state index contributed by atoms with van der Waals surface area (Å²) in [5.41, 5.74) is 1.55. The van der Waals surface area contributed by atoms with Gasteiger partial charge in [0.2, 0.25) is 0 Å². The highest BCUT2D eigenvalue weighted by Crippen LogP contribution is 2.32. The molecule has 1 unspecified atom stereocenters. The van der Waals surface area contributed by atoms with E-state index in [1.807, 2.05) is 7.05 Å². The third-order valence-corrected chi connectivity index (χ3v) is 6.86. The maximum atomic E-state index is 15.2. The molecule has 2 aromatic carbocycles. The van der Waals surface area contributed by atoms with Crippen LogP contribution >= 0.6 is 11.6 Å². The molecule has 2 aromatic rings. The van der Waals surface area contributed by atoms with Crippen LogP contribution in [-0.2, 0) is 11.3 Å². The van der Waals surface area contributed by atoms with E-state index < -0.39 is 17.8 Å². The van der Waals surface area contributed by atoms with Gasteiger partial charge in [-0.15, -0.1) is 0 Å². The number of benzene rings is 2.